The molecule has 1 aromatic rings. The van der Waals surface area contributed by atoms with Gasteiger partial charge in [-0.1, -0.05) is 18.2 Å². The van der Waals surface area contributed by atoms with E-state index in [2.05, 4.69) is 5.32 Å². The third-order valence-electron chi connectivity index (χ3n) is 3.96. The van der Waals surface area contributed by atoms with Crippen LogP contribution in [0.5, 0.6) is 5.75 Å². The number of aliphatic carboxylic acids is 1. The largest absolute Gasteiger partial charge is 0.493 e. The van der Waals surface area contributed by atoms with Gasteiger partial charge in [-0.2, -0.15) is 0 Å². The van der Waals surface area contributed by atoms with Gasteiger partial charge in [-0.25, -0.2) is 4.79 Å². The molecule has 1 unspecified atom stereocenters. The number of fused-ring (bicyclic) bond motifs is 1. The zero-order valence-corrected chi connectivity index (χ0v) is 11.5. The van der Waals surface area contributed by atoms with E-state index in [-0.39, 0.29) is 11.8 Å². The Morgan fingerprint density at radius 3 is 2.76 bits per heavy atom. The lowest BCUT2D eigenvalue weighted by atomic mass is 10.0. The fraction of sp³-hybridized carbons (Fsp3) is 0.375. The van der Waals surface area contributed by atoms with Gasteiger partial charge >= 0.3 is 5.97 Å². The van der Waals surface area contributed by atoms with Crippen molar-refractivity contribution in [2.75, 3.05) is 6.61 Å². The molecule has 0 bridgehead atoms. The molecule has 0 spiro atoms. The summed E-state index contributed by atoms with van der Waals surface area (Å²) in [5, 5.41) is 12.1. The minimum absolute atomic E-state index is 0.149. The van der Waals surface area contributed by atoms with Crippen LogP contribution in [0.1, 0.15) is 30.0 Å². The topological polar surface area (TPSA) is 75.6 Å². The summed E-state index contributed by atoms with van der Waals surface area (Å²) >= 11 is 0. The smallest absolute Gasteiger partial charge is 0.330 e. The lowest BCUT2D eigenvalue weighted by Gasteiger charge is -2.18. The molecule has 0 saturated heterocycles. The first kappa shape index (κ1) is 13.7. The molecule has 0 saturated carbocycles. The maximum Gasteiger partial charge on any atom is 0.330 e. The zero-order chi connectivity index (χ0) is 14.8. The molecule has 1 aliphatic heterocycles. The highest BCUT2D eigenvalue weighted by Gasteiger charge is 2.27. The second-order valence-corrected chi connectivity index (χ2v) is 5.39. The van der Waals surface area contributed by atoms with Crippen LogP contribution in [0.4, 0.5) is 0 Å². The SMILES string of the molecule is O=C(NC(C(=O)O)c1ccc2c(c1)CCO2)C1CC=CC1. The predicted octanol–water partition coefficient (Wildman–Crippen LogP) is 1.83. The van der Waals surface area contributed by atoms with Gasteiger partial charge in [0.05, 0.1) is 6.61 Å². The number of ether oxygens (including phenoxy) is 1. The van der Waals surface area contributed by atoms with Gasteiger partial charge in [0.2, 0.25) is 5.91 Å². The highest BCUT2D eigenvalue weighted by molar-refractivity contribution is 5.86. The zero-order valence-electron chi connectivity index (χ0n) is 11.5. The quantitative estimate of drug-likeness (QED) is 0.828. The van der Waals surface area contributed by atoms with Crippen molar-refractivity contribution in [1.29, 1.82) is 0 Å². The number of carboxylic acids is 1. The van der Waals surface area contributed by atoms with E-state index in [0.29, 0.717) is 25.0 Å². The Morgan fingerprint density at radius 2 is 2.05 bits per heavy atom. The molecule has 21 heavy (non-hydrogen) atoms. The summed E-state index contributed by atoms with van der Waals surface area (Å²) in [6.07, 6.45) is 6.03. The second kappa shape index (κ2) is 5.60. The molecule has 1 aromatic carbocycles. The number of benzene rings is 1. The average Bonchev–Trinajstić information content (AvgIpc) is 3.13. The summed E-state index contributed by atoms with van der Waals surface area (Å²) in [7, 11) is 0. The van der Waals surface area contributed by atoms with Crippen LogP contribution in [0.15, 0.2) is 30.4 Å². The fourth-order valence-electron chi connectivity index (χ4n) is 2.77. The van der Waals surface area contributed by atoms with Crippen LogP contribution < -0.4 is 10.1 Å². The van der Waals surface area contributed by atoms with E-state index in [1.807, 2.05) is 18.2 Å². The number of carboxylic acid groups (broad SMARTS) is 1. The van der Waals surface area contributed by atoms with E-state index in [9.17, 15) is 14.7 Å². The van der Waals surface area contributed by atoms with E-state index in [1.165, 1.54) is 0 Å². The van der Waals surface area contributed by atoms with Crippen molar-refractivity contribution in [3.05, 3.63) is 41.5 Å². The van der Waals surface area contributed by atoms with Crippen molar-refractivity contribution in [1.82, 2.24) is 5.32 Å². The Balaban J connectivity index is 1.78. The Bertz CT molecular complexity index is 600. The summed E-state index contributed by atoms with van der Waals surface area (Å²) in [5.41, 5.74) is 1.58. The van der Waals surface area contributed by atoms with Gasteiger partial charge in [0, 0.05) is 12.3 Å². The predicted molar refractivity (Wildman–Crippen MR) is 76.0 cm³/mol. The van der Waals surface area contributed by atoms with Gasteiger partial charge in [0.1, 0.15) is 5.75 Å². The number of nitrogens with one attached hydrogen (secondary N) is 1. The number of carbonyl (C=O) groups is 2. The number of hydrogen-bond acceptors (Lipinski definition) is 3. The van der Waals surface area contributed by atoms with Gasteiger partial charge in [-0.15, -0.1) is 0 Å². The molecule has 0 radical (unpaired) electrons. The maximum absolute atomic E-state index is 12.1. The lowest BCUT2D eigenvalue weighted by molar-refractivity contribution is -0.142. The molecular formula is C16H17NO4. The molecule has 1 atom stereocenters. The molecule has 1 amide bonds. The third-order valence-corrected chi connectivity index (χ3v) is 3.96. The van der Waals surface area contributed by atoms with Crippen LogP contribution >= 0.6 is 0 Å². The monoisotopic (exact) mass is 287 g/mol. The van der Waals surface area contributed by atoms with Gasteiger partial charge < -0.3 is 15.2 Å². The van der Waals surface area contributed by atoms with Gasteiger partial charge in [-0.3, -0.25) is 4.79 Å². The molecule has 5 heteroatoms. The number of amides is 1. The molecule has 1 heterocycles. The van der Waals surface area contributed by atoms with Crippen LogP contribution in [-0.2, 0) is 16.0 Å². The Labute approximate surface area is 122 Å². The number of rotatable bonds is 4. The number of allylic oxidation sites excluding steroid dienone is 2. The van der Waals surface area contributed by atoms with E-state index < -0.39 is 12.0 Å². The van der Waals surface area contributed by atoms with Crippen LogP contribution in [0.25, 0.3) is 0 Å². The minimum Gasteiger partial charge on any atom is -0.493 e. The average molecular weight is 287 g/mol. The van der Waals surface area contributed by atoms with Crippen LogP contribution in [-0.4, -0.2) is 23.6 Å². The molecular weight excluding hydrogens is 270 g/mol. The fourth-order valence-corrected chi connectivity index (χ4v) is 2.77. The van der Waals surface area contributed by atoms with E-state index in [4.69, 9.17) is 4.74 Å². The van der Waals surface area contributed by atoms with Crippen LogP contribution in [0.2, 0.25) is 0 Å². The molecule has 110 valence electrons. The van der Waals surface area contributed by atoms with E-state index in [0.717, 1.165) is 17.7 Å². The maximum atomic E-state index is 12.1. The summed E-state index contributed by atoms with van der Waals surface area (Å²) < 4.78 is 5.41. The Kier molecular flexibility index (Phi) is 3.64. The molecule has 0 fully saturated rings. The minimum atomic E-state index is -1.05. The molecule has 1 aliphatic carbocycles. The molecule has 2 aliphatic rings. The van der Waals surface area contributed by atoms with Gasteiger partial charge in [-0.05, 0) is 36.1 Å². The Hall–Kier alpha value is -2.30. The van der Waals surface area contributed by atoms with E-state index >= 15 is 0 Å². The molecule has 3 rings (SSSR count). The summed E-state index contributed by atoms with van der Waals surface area (Å²) in [5.74, 6) is -0.601. The normalized spacial score (nSPS) is 18.1. The van der Waals surface area contributed by atoms with Crippen molar-refractivity contribution in [2.24, 2.45) is 5.92 Å². The van der Waals surface area contributed by atoms with Crippen LogP contribution in [0.3, 0.4) is 0 Å². The van der Waals surface area contributed by atoms with Crippen molar-refractivity contribution >= 4 is 11.9 Å². The van der Waals surface area contributed by atoms with Crippen molar-refractivity contribution in [3.63, 3.8) is 0 Å². The van der Waals surface area contributed by atoms with E-state index in [1.54, 1.807) is 12.1 Å². The first-order valence-corrected chi connectivity index (χ1v) is 7.09. The lowest BCUT2D eigenvalue weighted by Crippen LogP contribution is -2.37. The standard InChI is InChI=1S/C16H17NO4/c18-15(10-3-1-2-4-10)17-14(16(19)20)12-5-6-13-11(9-12)7-8-21-13/h1-2,5-6,9-10,14H,3-4,7-8H2,(H,17,18)(H,19,20). The highest BCUT2D eigenvalue weighted by atomic mass is 16.5. The van der Waals surface area contributed by atoms with Gasteiger partial charge in [0.15, 0.2) is 6.04 Å². The third kappa shape index (κ3) is 2.77. The van der Waals surface area contributed by atoms with Crippen molar-refractivity contribution < 1.29 is 19.4 Å². The number of hydrogen-bond donors (Lipinski definition) is 2. The van der Waals surface area contributed by atoms with Crippen molar-refractivity contribution in [3.8, 4) is 5.75 Å². The molecule has 5 nitrogen and oxygen atoms in total. The summed E-state index contributed by atoms with van der Waals surface area (Å²) in [6, 6.07) is 4.28. The summed E-state index contributed by atoms with van der Waals surface area (Å²) in [4.78, 5) is 23.6. The first-order valence-electron chi connectivity index (χ1n) is 7.09. The molecule has 2 N–H and O–H groups in total. The highest BCUT2D eigenvalue weighted by Crippen LogP contribution is 2.29. The van der Waals surface area contributed by atoms with Crippen molar-refractivity contribution in [2.45, 2.75) is 25.3 Å². The summed E-state index contributed by atoms with van der Waals surface area (Å²) in [6.45, 7) is 0.622. The van der Waals surface area contributed by atoms with Crippen LogP contribution in [0, 0.1) is 5.92 Å². The first-order chi connectivity index (χ1) is 10.1. The second-order valence-electron chi connectivity index (χ2n) is 5.39. The molecule has 0 aromatic heterocycles. The Morgan fingerprint density at radius 1 is 1.29 bits per heavy atom. The van der Waals surface area contributed by atoms with Gasteiger partial charge in [0.25, 0.3) is 0 Å². The number of carbonyl (C=O) groups excluding carboxylic acids is 1.